The van der Waals surface area contributed by atoms with Gasteiger partial charge in [-0.05, 0) is 57.0 Å². The van der Waals surface area contributed by atoms with Gasteiger partial charge in [-0.1, -0.05) is 23.4 Å². The van der Waals surface area contributed by atoms with Crippen LogP contribution in [0.25, 0.3) is 0 Å². The summed E-state index contributed by atoms with van der Waals surface area (Å²) in [7, 11) is 1.55. The van der Waals surface area contributed by atoms with E-state index in [-0.39, 0.29) is 5.91 Å². The molecule has 6 nitrogen and oxygen atoms in total. The Kier molecular flexibility index (Phi) is 5.68. The summed E-state index contributed by atoms with van der Waals surface area (Å²) in [6.07, 6.45) is 0. The van der Waals surface area contributed by atoms with E-state index >= 15 is 0 Å². The van der Waals surface area contributed by atoms with Gasteiger partial charge in [-0.3, -0.25) is 4.79 Å². The molecule has 0 bridgehead atoms. The lowest BCUT2D eigenvalue weighted by Crippen LogP contribution is -2.14. The number of para-hydroxylation sites is 1. The van der Waals surface area contributed by atoms with Crippen LogP contribution in [-0.2, 0) is 6.61 Å². The van der Waals surface area contributed by atoms with Crippen molar-refractivity contribution in [2.24, 2.45) is 0 Å². The van der Waals surface area contributed by atoms with Gasteiger partial charge in [0, 0.05) is 11.3 Å². The Bertz CT molecular complexity index is 968. The number of aromatic nitrogens is 1. The molecule has 0 fully saturated rings. The molecule has 0 unspecified atom stereocenters. The highest BCUT2D eigenvalue weighted by Gasteiger charge is 2.15. The lowest BCUT2D eigenvalue weighted by atomic mass is 10.1. The van der Waals surface area contributed by atoms with E-state index < -0.39 is 0 Å². The third kappa shape index (κ3) is 4.01. The number of rotatable bonds is 6. The van der Waals surface area contributed by atoms with E-state index in [1.807, 2.05) is 45.9 Å². The standard InChI is InChI=1S/C22H24N2O4/c1-13-7-6-8-14(2)21(13)23-22(25)17-9-10-19(20(11-17)26-5)27-12-18-15(3)24-28-16(18)4/h6-11H,12H2,1-5H3,(H,23,25). The topological polar surface area (TPSA) is 73.6 Å². The number of amides is 1. The molecule has 0 aliphatic heterocycles. The summed E-state index contributed by atoms with van der Waals surface area (Å²) >= 11 is 0. The smallest absolute Gasteiger partial charge is 0.255 e. The molecule has 3 rings (SSSR count). The molecule has 0 aliphatic rings. The van der Waals surface area contributed by atoms with E-state index in [0.717, 1.165) is 33.8 Å². The molecule has 0 atom stereocenters. The first-order valence-corrected chi connectivity index (χ1v) is 9.01. The van der Waals surface area contributed by atoms with Crippen molar-refractivity contribution in [1.82, 2.24) is 5.16 Å². The minimum absolute atomic E-state index is 0.201. The predicted molar refractivity (Wildman–Crippen MR) is 107 cm³/mol. The average Bonchev–Trinajstić information content (AvgIpc) is 3.00. The van der Waals surface area contributed by atoms with Crippen LogP contribution >= 0.6 is 0 Å². The molecule has 3 aromatic rings. The van der Waals surface area contributed by atoms with Crippen LogP contribution in [0.15, 0.2) is 40.9 Å². The number of aryl methyl sites for hydroxylation is 4. The van der Waals surface area contributed by atoms with Crippen molar-refractivity contribution >= 4 is 11.6 Å². The van der Waals surface area contributed by atoms with Gasteiger partial charge in [0.05, 0.1) is 18.4 Å². The number of anilines is 1. The fraction of sp³-hybridized carbons (Fsp3) is 0.273. The molecule has 1 aromatic heterocycles. The first-order valence-electron chi connectivity index (χ1n) is 9.01. The van der Waals surface area contributed by atoms with Crippen molar-refractivity contribution < 1.29 is 18.8 Å². The number of methoxy groups -OCH3 is 1. The molecule has 0 aliphatic carbocycles. The maximum Gasteiger partial charge on any atom is 0.255 e. The van der Waals surface area contributed by atoms with Gasteiger partial charge in [0.15, 0.2) is 11.5 Å². The van der Waals surface area contributed by atoms with Gasteiger partial charge in [0.1, 0.15) is 12.4 Å². The number of ether oxygens (including phenoxy) is 2. The van der Waals surface area contributed by atoms with Crippen LogP contribution in [0, 0.1) is 27.7 Å². The second-order valence-electron chi connectivity index (χ2n) is 6.68. The van der Waals surface area contributed by atoms with Crippen LogP contribution in [0.1, 0.15) is 38.5 Å². The number of nitrogens with zero attached hydrogens (tertiary/aromatic N) is 1. The van der Waals surface area contributed by atoms with Crippen molar-refractivity contribution in [3.05, 3.63) is 70.1 Å². The Hall–Kier alpha value is -3.28. The third-order valence-corrected chi connectivity index (χ3v) is 4.70. The zero-order chi connectivity index (χ0) is 20.3. The van der Waals surface area contributed by atoms with Crippen molar-refractivity contribution in [1.29, 1.82) is 0 Å². The summed E-state index contributed by atoms with van der Waals surface area (Å²) in [6.45, 7) is 7.96. The molecule has 0 saturated heterocycles. The Morgan fingerprint density at radius 3 is 2.39 bits per heavy atom. The number of hydrogen-bond donors (Lipinski definition) is 1. The Balaban J connectivity index is 1.78. The normalized spacial score (nSPS) is 10.6. The maximum atomic E-state index is 12.7. The zero-order valence-electron chi connectivity index (χ0n) is 16.8. The lowest BCUT2D eigenvalue weighted by molar-refractivity contribution is 0.102. The van der Waals surface area contributed by atoms with Crippen LogP contribution in [0.4, 0.5) is 5.69 Å². The van der Waals surface area contributed by atoms with Crippen molar-refractivity contribution in [3.8, 4) is 11.5 Å². The highest BCUT2D eigenvalue weighted by Crippen LogP contribution is 2.30. The molecule has 1 N–H and O–H groups in total. The minimum atomic E-state index is -0.201. The van der Waals surface area contributed by atoms with E-state index in [1.165, 1.54) is 0 Å². The average molecular weight is 380 g/mol. The van der Waals surface area contributed by atoms with Gasteiger partial charge in [-0.2, -0.15) is 0 Å². The highest BCUT2D eigenvalue weighted by atomic mass is 16.5. The summed E-state index contributed by atoms with van der Waals surface area (Å²) in [5, 5.41) is 6.90. The van der Waals surface area contributed by atoms with E-state index in [2.05, 4.69) is 10.5 Å². The summed E-state index contributed by atoms with van der Waals surface area (Å²) in [5.41, 5.74) is 5.04. The van der Waals surface area contributed by atoms with E-state index in [9.17, 15) is 4.79 Å². The van der Waals surface area contributed by atoms with Crippen LogP contribution < -0.4 is 14.8 Å². The Morgan fingerprint density at radius 1 is 1.07 bits per heavy atom. The summed E-state index contributed by atoms with van der Waals surface area (Å²) in [4.78, 5) is 12.7. The second-order valence-corrected chi connectivity index (χ2v) is 6.68. The molecule has 0 radical (unpaired) electrons. The summed E-state index contributed by atoms with van der Waals surface area (Å²) < 4.78 is 16.4. The monoisotopic (exact) mass is 380 g/mol. The van der Waals surface area contributed by atoms with Crippen molar-refractivity contribution in [2.75, 3.05) is 12.4 Å². The number of nitrogens with one attached hydrogen (secondary N) is 1. The molecule has 0 saturated carbocycles. The predicted octanol–water partition coefficient (Wildman–Crippen LogP) is 4.75. The number of benzene rings is 2. The molecule has 0 spiro atoms. The minimum Gasteiger partial charge on any atom is -0.493 e. The molecule has 6 heteroatoms. The Labute approximate surface area is 164 Å². The maximum absolute atomic E-state index is 12.7. The quantitative estimate of drug-likeness (QED) is 0.668. The highest BCUT2D eigenvalue weighted by molar-refractivity contribution is 6.05. The van der Waals surface area contributed by atoms with Crippen LogP contribution in [0.2, 0.25) is 0 Å². The summed E-state index contributed by atoms with van der Waals surface area (Å²) in [5.74, 6) is 1.56. The van der Waals surface area contributed by atoms with Crippen LogP contribution in [0.3, 0.4) is 0 Å². The first-order chi connectivity index (χ1) is 13.4. The summed E-state index contributed by atoms with van der Waals surface area (Å²) in [6, 6.07) is 11.0. The van der Waals surface area contributed by atoms with Gasteiger partial charge in [-0.15, -0.1) is 0 Å². The largest absolute Gasteiger partial charge is 0.493 e. The van der Waals surface area contributed by atoms with Crippen LogP contribution in [0.5, 0.6) is 11.5 Å². The lowest BCUT2D eigenvalue weighted by Gasteiger charge is -2.14. The molecule has 146 valence electrons. The molecule has 1 amide bonds. The first kappa shape index (κ1) is 19.5. The van der Waals surface area contributed by atoms with Gasteiger partial charge < -0.3 is 19.3 Å². The van der Waals surface area contributed by atoms with Gasteiger partial charge in [-0.25, -0.2) is 0 Å². The van der Waals surface area contributed by atoms with E-state index in [4.69, 9.17) is 14.0 Å². The number of carbonyl (C=O) groups is 1. The molecule has 1 heterocycles. The SMILES string of the molecule is COc1cc(C(=O)Nc2c(C)cccc2C)ccc1OCc1c(C)noc1C. The zero-order valence-corrected chi connectivity index (χ0v) is 16.8. The van der Waals surface area contributed by atoms with Crippen LogP contribution in [-0.4, -0.2) is 18.2 Å². The molecular weight excluding hydrogens is 356 g/mol. The van der Waals surface area contributed by atoms with Gasteiger partial charge in [0.25, 0.3) is 5.91 Å². The van der Waals surface area contributed by atoms with Crippen molar-refractivity contribution in [3.63, 3.8) is 0 Å². The van der Waals surface area contributed by atoms with Gasteiger partial charge >= 0.3 is 0 Å². The number of hydrogen-bond acceptors (Lipinski definition) is 5. The van der Waals surface area contributed by atoms with E-state index in [1.54, 1.807) is 25.3 Å². The fourth-order valence-electron chi connectivity index (χ4n) is 2.98. The molecule has 28 heavy (non-hydrogen) atoms. The fourth-order valence-corrected chi connectivity index (χ4v) is 2.98. The molecule has 2 aromatic carbocycles. The molecular formula is C22H24N2O4. The number of carbonyl (C=O) groups excluding carboxylic acids is 1. The van der Waals surface area contributed by atoms with Crippen molar-refractivity contribution in [2.45, 2.75) is 34.3 Å². The third-order valence-electron chi connectivity index (χ3n) is 4.70. The van der Waals surface area contributed by atoms with Gasteiger partial charge in [0.2, 0.25) is 0 Å². The Morgan fingerprint density at radius 2 is 1.79 bits per heavy atom. The second kappa shape index (κ2) is 8.17. The van der Waals surface area contributed by atoms with E-state index in [0.29, 0.717) is 23.7 Å².